The summed E-state index contributed by atoms with van der Waals surface area (Å²) in [5, 5.41) is 13.1. The maximum Gasteiger partial charge on any atom is 0.0540 e. The largest absolute Gasteiger partial charge is 0.310 e. The Morgan fingerprint density at radius 3 is 1.10 bits per heavy atom. The summed E-state index contributed by atoms with van der Waals surface area (Å²) < 4.78 is 0. The highest BCUT2D eigenvalue weighted by Crippen LogP contribution is 2.58. The summed E-state index contributed by atoms with van der Waals surface area (Å²) in [7, 11) is 0. The van der Waals surface area contributed by atoms with Crippen molar-refractivity contribution in [2.75, 3.05) is 9.80 Å². The highest BCUT2D eigenvalue weighted by atomic mass is 15.1. The Kier molecular flexibility index (Phi) is 8.12. The molecule has 0 spiro atoms. The molecule has 2 aliphatic rings. The maximum atomic E-state index is 2.51. The van der Waals surface area contributed by atoms with Gasteiger partial charge >= 0.3 is 0 Å². The molecule has 0 fully saturated rings. The Morgan fingerprint density at radius 2 is 0.662 bits per heavy atom. The van der Waals surface area contributed by atoms with E-state index in [9.17, 15) is 0 Å². The van der Waals surface area contributed by atoms with Gasteiger partial charge in [0.25, 0.3) is 0 Å². The predicted octanol–water partition coefficient (Wildman–Crippen LogP) is 18.4. The first-order valence-corrected chi connectivity index (χ1v) is 24.0. The standard InChI is InChI=1S/C66H48N2/c1-65(2)55-35-29-43-38-54-52-34-32-48(68(46-23-9-6-10-24-46)60-28-16-20-42-18-12-14-26-50(42)60)40-58(52)66(3,4)56-36-30-44-37-53(63(55)61(43)62(44)64(54)56)51-33-31-47(39-57(51)65)67(45-21-7-5-8-22-45)59-27-15-19-41-17-11-13-25-49(41)59/h5-40H,1-4H3. The summed E-state index contributed by atoms with van der Waals surface area (Å²) in [6.45, 7) is 9.74. The summed E-state index contributed by atoms with van der Waals surface area (Å²) in [5.74, 6) is 0. The summed E-state index contributed by atoms with van der Waals surface area (Å²) in [6.07, 6.45) is 0. The van der Waals surface area contributed by atoms with Crippen LogP contribution in [0.4, 0.5) is 34.1 Å². The van der Waals surface area contributed by atoms with Gasteiger partial charge in [-0.25, -0.2) is 0 Å². The molecule has 0 aliphatic heterocycles. The SMILES string of the molecule is CC1(C)c2cc(N(c3ccccc3)c3cccc4ccccc34)ccc2-c2cc3ccc4c5c(cc6ccc1c2c6c35)-c1ccc(N(c2ccccc2)c2cccc3ccccc23)cc1C4(C)C. The van der Waals surface area contributed by atoms with Crippen LogP contribution < -0.4 is 9.80 Å². The molecule has 322 valence electrons. The van der Waals surface area contributed by atoms with Crippen LogP contribution >= 0.6 is 0 Å². The van der Waals surface area contributed by atoms with Crippen molar-refractivity contribution >= 4 is 88.0 Å². The van der Waals surface area contributed by atoms with Gasteiger partial charge in [-0.2, -0.15) is 0 Å². The van der Waals surface area contributed by atoms with Crippen molar-refractivity contribution in [3.05, 3.63) is 241 Å². The van der Waals surface area contributed by atoms with E-state index in [0.717, 1.165) is 22.7 Å². The molecule has 0 radical (unpaired) electrons. The van der Waals surface area contributed by atoms with Crippen molar-refractivity contribution in [3.63, 3.8) is 0 Å². The van der Waals surface area contributed by atoms with Gasteiger partial charge in [0.15, 0.2) is 0 Å². The van der Waals surface area contributed by atoms with E-state index in [2.05, 4.69) is 256 Å². The van der Waals surface area contributed by atoms with Crippen molar-refractivity contribution in [2.45, 2.75) is 38.5 Å². The summed E-state index contributed by atoms with van der Waals surface area (Å²) in [6, 6.07) is 81.6. The first-order chi connectivity index (χ1) is 33.3. The van der Waals surface area contributed by atoms with E-state index in [4.69, 9.17) is 0 Å². The Hall–Kier alpha value is -8.20. The van der Waals surface area contributed by atoms with E-state index >= 15 is 0 Å². The Labute approximate surface area is 397 Å². The second-order valence-electron chi connectivity index (χ2n) is 20.1. The molecule has 0 heterocycles. The molecule has 14 rings (SSSR count). The van der Waals surface area contributed by atoms with Gasteiger partial charge in [0.2, 0.25) is 0 Å². The third-order valence-electron chi connectivity index (χ3n) is 15.7. The zero-order valence-electron chi connectivity index (χ0n) is 38.7. The number of fused-ring (bicyclic) bond motifs is 6. The van der Waals surface area contributed by atoms with E-state index in [1.54, 1.807) is 0 Å². The minimum absolute atomic E-state index is 0.262. The smallest absolute Gasteiger partial charge is 0.0540 e. The molecule has 2 nitrogen and oxygen atoms in total. The minimum Gasteiger partial charge on any atom is -0.310 e. The van der Waals surface area contributed by atoms with Crippen LogP contribution in [0.1, 0.15) is 49.9 Å². The molecule has 2 heteroatoms. The molecule has 0 bridgehead atoms. The van der Waals surface area contributed by atoms with Crippen LogP contribution in [0.2, 0.25) is 0 Å². The highest BCUT2D eigenvalue weighted by Gasteiger charge is 2.39. The molecule has 12 aromatic rings. The van der Waals surface area contributed by atoms with E-state index < -0.39 is 0 Å². The number of anilines is 6. The van der Waals surface area contributed by atoms with E-state index in [0.29, 0.717) is 0 Å². The lowest BCUT2D eigenvalue weighted by molar-refractivity contribution is 0.644. The third-order valence-corrected chi connectivity index (χ3v) is 15.7. The molecule has 0 aromatic heterocycles. The van der Waals surface area contributed by atoms with Gasteiger partial charge in [-0.05, 0) is 160 Å². The number of rotatable bonds is 6. The molecule has 0 amide bonds. The Bertz CT molecular complexity index is 3760. The topological polar surface area (TPSA) is 6.48 Å². The predicted molar refractivity (Wildman–Crippen MR) is 290 cm³/mol. The Balaban J connectivity index is 0.961. The molecule has 0 saturated carbocycles. The van der Waals surface area contributed by atoms with Gasteiger partial charge in [0.05, 0.1) is 11.4 Å². The summed E-state index contributed by atoms with van der Waals surface area (Å²) in [5.41, 5.74) is 17.2. The second-order valence-corrected chi connectivity index (χ2v) is 20.1. The van der Waals surface area contributed by atoms with E-state index in [-0.39, 0.29) is 10.8 Å². The molecule has 0 atom stereocenters. The molecule has 68 heavy (non-hydrogen) atoms. The zero-order valence-corrected chi connectivity index (χ0v) is 38.7. The molecule has 2 aliphatic carbocycles. The first kappa shape index (κ1) is 39.0. The highest BCUT2D eigenvalue weighted by molar-refractivity contribution is 6.31. The van der Waals surface area contributed by atoms with Crippen LogP contribution in [-0.2, 0) is 10.8 Å². The molecule has 0 unspecified atom stereocenters. The Morgan fingerprint density at radius 1 is 0.265 bits per heavy atom. The second kappa shape index (κ2) is 14.2. The minimum atomic E-state index is -0.262. The van der Waals surface area contributed by atoms with Gasteiger partial charge in [0.1, 0.15) is 0 Å². The lowest BCUT2D eigenvalue weighted by Crippen LogP contribution is -2.25. The lowest BCUT2D eigenvalue weighted by atomic mass is 9.65. The molecule has 12 aromatic carbocycles. The molecule has 0 saturated heterocycles. The van der Waals surface area contributed by atoms with Crippen molar-refractivity contribution < 1.29 is 0 Å². The van der Waals surface area contributed by atoms with E-state index in [1.807, 2.05) is 0 Å². The van der Waals surface area contributed by atoms with Crippen LogP contribution in [-0.4, -0.2) is 0 Å². The lowest BCUT2D eigenvalue weighted by Gasteiger charge is -2.39. The van der Waals surface area contributed by atoms with Crippen molar-refractivity contribution in [1.82, 2.24) is 0 Å². The monoisotopic (exact) mass is 868 g/mol. The van der Waals surface area contributed by atoms with E-state index in [1.165, 1.54) is 110 Å². The summed E-state index contributed by atoms with van der Waals surface area (Å²) in [4.78, 5) is 4.88. The average molecular weight is 869 g/mol. The van der Waals surface area contributed by atoms with Gasteiger partial charge in [-0.1, -0.05) is 173 Å². The van der Waals surface area contributed by atoms with Gasteiger partial charge < -0.3 is 9.80 Å². The maximum absolute atomic E-state index is 2.51. The van der Waals surface area contributed by atoms with Crippen molar-refractivity contribution in [1.29, 1.82) is 0 Å². The molecular formula is C66H48N2. The fourth-order valence-corrected chi connectivity index (χ4v) is 12.5. The van der Waals surface area contributed by atoms with Crippen LogP contribution in [0.5, 0.6) is 0 Å². The van der Waals surface area contributed by atoms with Gasteiger partial charge in [-0.15, -0.1) is 0 Å². The van der Waals surface area contributed by atoms with Crippen LogP contribution in [0, 0.1) is 0 Å². The quantitative estimate of drug-likeness (QED) is 0.154. The number of hydrogen-bond donors (Lipinski definition) is 0. The van der Waals surface area contributed by atoms with Gasteiger partial charge in [-0.3, -0.25) is 0 Å². The van der Waals surface area contributed by atoms with Crippen molar-refractivity contribution in [3.8, 4) is 22.3 Å². The fourth-order valence-electron chi connectivity index (χ4n) is 12.5. The fraction of sp³-hybridized carbons (Fsp3) is 0.0909. The first-order valence-electron chi connectivity index (χ1n) is 24.0. The molecular weight excluding hydrogens is 821 g/mol. The van der Waals surface area contributed by atoms with Crippen LogP contribution in [0.25, 0.3) is 76.1 Å². The van der Waals surface area contributed by atoms with Crippen LogP contribution in [0.15, 0.2) is 218 Å². The normalized spacial score (nSPS) is 14.1. The summed E-state index contributed by atoms with van der Waals surface area (Å²) >= 11 is 0. The van der Waals surface area contributed by atoms with Crippen LogP contribution in [0.3, 0.4) is 0 Å². The number of benzene rings is 12. The van der Waals surface area contributed by atoms with Gasteiger partial charge in [0, 0.05) is 44.4 Å². The number of para-hydroxylation sites is 2. The zero-order chi connectivity index (χ0) is 45.5. The van der Waals surface area contributed by atoms with Crippen molar-refractivity contribution in [2.24, 2.45) is 0 Å². The number of hydrogen-bond acceptors (Lipinski definition) is 2. The average Bonchev–Trinajstić information content (AvgIpc) is 3.38. The third kappa shape index (κ3) is 5.40. The number of nitrogens with zero attached hydrogens (tertiary/aromatic N) is 2. The molecule has 0 N–H and O–H groups in total.